The first-order valence-electron chi connectivity index (χ1n) is 5.45. The lowest BCUT2D eigenvalue weighted by atomic mass is 10.1. The smallest absolute Gasteiger partial charge is 0.123 e. The Morgan fingerprint density at radius 2 is 2.00 bits per heavy atom. The van der Waals surface area contributed by atoms with Crippen molar-refractivity contribution in [3.05, 3.63) is 29.6 Å². The highest BCUT2D eigenvalue weighted by atomic mass is 19.1. The highest BCUT2D eigenvalue weighted by Crippen LogP contribution is 2.25. The first kappa shape index (κ1) is 10.4. The maximum atomic E-state index is 13.1. The first-order chi connectivity index (χ1) is 7.31. The molecule has 0 aromatic heterocycles. The summed E-state index contributed by atoms with van der Waals surface area (Å²) in [6, 6.07) is 4.85. The molecule has 1 aliphatic rings. The highest BCUT2D eigenvalue weighted by molar-refractivity contribution is 5.54. The maximum absolute atomic E-state index is 13.1. The average Bonchev–Trinajstić information content (AvgIpc) is 2.71. The number of halogens is 1. The van der Waals surface area contributed by atoms with Gasteiger partial charge in [0.25, 0.3) is 0 Å². The van der Waals surface area contributed by atoms with E-state index in [2.05, 4.69) is 4.90 Å². The van der Waals surface area contributed by atoms with Crippen molar-refractivity contribution in [2.24, 2.45) is 0 Å². The Bertz CT molecular complexity index is 334. The molecule has 2 rings (SSSR count). The van der Waals surface area contributed by atoms with Crippen molar-refractivity contribution < 1.29 is 9.50 Å². The molecule has 1 heterocycles. The second-order valence-electron chi connectivity index (χ2n) is 3.94. The van der Waals surface area contributed by atoms with E-state index in [9.17, 15) is 4.39 Å². The molecule has 0 spiro atoms. The molecule has 1 aliphatic heterocycles. The Morgan fingerprint density at radius 1 is 1.27 bits per heavy atom. The fourth-order valence-corrected chi connectivity index (χ4v) is 2.14. The third-order valence-corrected chi connectivity index (χ3v) is 2.87. The van der Waals surface area contributed by atoms with Crippen LogP contribution in [0.1, 0.15) is 18.4 Å². The minimum atomic E-state index is -0.221. The second kappa shape index (κ2) is 4.62. The summed E-state index contributed by atoms with van der Waals surface area (Å²) in [5, 5.41) is 8.94. The van der Waals surface area contributed by atoms with Crippen molar-refractivity contribution in [2.45, 2.75) is 19.3 Å². The summed E-state index contributed by atoms with van der Waals surface area (Å²) < 4.78 is 13.1. The van der Waals surface area contributed by atoms with Gasteiger partial charge in [-0.15, -0.1) is 0 Å². The Labute approximate surface area is 89.3 Å². The number of hydrogen-bond donors (Lipinski definition) is 1. The zero-order chi connectivity index (χ0) is 10.7. The van der Waals surface area contributed by atoms with Crippen molar-refractivity contribution in [3.63, 3.8) is 0 Å². The van der Waals surface area contributed by atoms with Crippen LogP contribution in [0.2, 0.25) is 0 Å². The van der Waals surface area contributed by atoms with E-state index in [4.69, 9.17) is 5.11 Å². The van der Waals surface area contributed by atoms with Crippen LogP contribution in [0, 0.1) is 5.82 Å². The van der Waals surface area contributed by atoms with E-state index in [0.717, 1.165) is 24.3 Å². The molecule has 0 amide bonds. The molecule has 1 N–H and O–H groups in total. The van der Waals surface area contributed by atoms with E-state index in [-0.39, 0.29) is 12.4 Å². The van der Waals surface area contributed by atoms with E-state index in [1.165, 1.54) is 25.0 Å². The van der Waals surface area contributed by atoms with E-state index in [0.29, 0.717) is 6.42 Å². The Hall–Kier alpha value is -1.09. The van der Waals surface area contributed by atoms with Crippen LogP contribution in [0.4, 0.5) is 10.1 Å². The van der Waals surface area contributed by atoms with Crippen LogP contribution < -0.4 is 4.90 Å². The normalized spacial score (nSPS) is 16.0. The monoisotopic (exact) mass is 209 g/mol. The van der Waals surface area contributed by atoms with Gasteiger partial charge in [0.15, 0.2) is 0 Å². The molecule has 82 valence electrons. The third kappa shape index (κ3) is 2.29. The second-order valence-corrected chi connectivity index (χ2v) is 3.94. The molecule has 2 nitrogen and oxygen atoms in total. The van der Waals surface area contributed by atoms with Gasteiger partial charge in [0, 0.05) is 25.4 Å². The largest absolute Gasteiger partial charge is 0.396 e. The number of hydrogen-bond acceptors (Lipinski definition) is 2. The van der Waals surface area contributed by atoms with Gasteiger partial charge in [-0.1, -0.05) is 0 Å². The number of rotatable bonds is 3. The Kier molecular flexibility index (Phi) is 3.21. The summed E-state index contributed by atoms with van der Waals surface area (Å²) in [6.45, 7) is 2.17. The molecule has 0 bridgehead atoms. The van der Waals surface area contributed by atoms with Crippen LogP contribution in [0.15, 0.2) is 18.2 Å². The number of anilines is 1. The fourth-order valence-electron chi connectivity index (χ4n) is 2.14. The van der Waals surface area contributed by atoms with Crippen LogP contribution in [-0.2, 0) is 6.42 Å². The van der Waals surface area contributed by atoms with Gasteiger partial charge in [-0.2, -0.15) is 0 Å². The van der Waals surface area contributed by atoms with Gasteiger partial charge in [0.05, 0.1) is 0 Å². The topological polar surface area (TPSA) is 23.5 Å². The fraction of sp³-hybridized carbons (Fsp3) is 0.500. The molecular formula is C12H16FNO. The quantitative estimate of drug-likeness (QED) is 0.822. The summed E-state index contributed by atoms with van der Waals surface area (Å²) in [6.07, 6.45) is 2.94. The van der Waals surface area contributed by atoms with Crippen molar-refractivity contribution in [3.8, 4) is 0 Å². The van der Waals surface area contributed by atoms with Gasteiger partial charge >= 0.3 is 0 Å². The van der Waals surface area contributed by atoms with E-state index in [1.807, 2.05) is 6.07 Å². The molecule has 0 atom stereocenters. The van der Waals surface area contributed by atoms with E-state index < -0.39 is 0 Å². The minimum absolute atomic E-state index is 0.0737. The van der Waals surface area contributed by atoms with Gasteiger partial charge < -0.3 is 10.0 Å². The molecule has 3 heteroatoms. The predicted molar refractivity (Wildman–Crippen MR) is 58.6 cm³/mol. The van der Waals surface area contributed by atoms with Gasteiger partial charge in [-0.05, 0) is 43.0 Å². The van der Waals surface area contributed by atoms with Crippen LogP contribution in [0.25, 0.3) is 0 Å². The third-order valence-electron chi connectivity index (χ3n) is 2.87. The van der Waals surface area contributed by atoms with Crippen LogP contribution in [0.3, 0.4) is 0 Å². The lowest BCUT2D eigenvalue weighted by molar-refractivity contribution is 0.299. The Balaban J connectivity index is 2.27. The molecule has 1 fully saturated rings. The molecule has 1 saturated heterocycles. The molecule has 0 radical (unpaired) electrons. The predicted octanol–water partition coefficient (Wildman–Crippen LogP) is 1.96. The SMILES string of the molecule is OCCc1cc(F)ccc1N1CCCC1. The highest BCUT2D eigenvalue weighted by Gasteiger charge is 2.15. The Morgan fingerprint density at radius 3 is 2.67 bits per heavy atom. The van der Waals surface area contributed by atoms with Crippen LogP contribution in [-0.4, -0.2) is 24.8 Å². The lowest BCUT2D eigenvalue weighted by Crippen LogP contribution is -2.19. The van der Waals surface area contributed by atoms with Gasteiger partial charge in [0.1, 0.15) is 5.82 Å². The number of aliphatic hydroxyl groups is 1. The molecule has 0 unspecified atom stereocenters. The standard InChI is InChI=1S/C12H16FNO/c13-11-3-4-12(10(9-11)5-8-15)14-6-1-2-7-14/h3-4,9,15H,1-2,5-8H2. The zero-order valence-electron chi connectivity index (χ0n) is 8.75. The minimum Gasteiger partial charge on any atom is -0.396 e. The summed E-state index contributed by atoms with van der Waals surface area (Å²) in [7, 11) is 0. The molecule has 0 aliphatic carbocycles. The molecule has 1 aromatic carbocycles. The van der Waals surface area contributed by atoms with Crippen LogP contribution >= 0.6 is 0 Å². The zero-order valence-corrected chi connectivity index (χ0v) is 8.75. The van der Waals surface area contributed by atoms with Crippen LogP contribution in [0.5, 0.6) is 0 Å². The summed E-state index contributed by atoms with van der Waals surface area (Å²) in [5.74, 6) is -0.221. The summed E-state index contributed by atoms with van der Waals surface area (Å²) in [4.78, 5) is 2.27. The van der Waals surface area contributed by atoms with Crippen molar-refractivity contribution in [1.82, 2.24) is 0 Å². The number of nitrogens with zero attached hydrogens (tertiary/aromatic N) is 1. The molecule has 1 aromatic rings. The molecule has 0 saturated carbocycles. The van der Waals surface area contributed by atoms with Crippen molar-refractivity contribution >= 4 is 5.69 Å². The van der Waals surface area contributed by atoms with Crippen molar-refractivity contribution in [2.75, 3.05) is 24.6 Å². The number of aliphatic hydroxyl groups excluding tert-OH is 1. The van der Waals surface area contributed by atoms with Crippen molar-refractivity contribution in [1.29, 1.82) is 0 Å². The summed E-state index contributed by atoms with van der Waals surface area (Å²) >= 11 is 0. The first-order valence-corrected chi connectivity index (χ1v) is 5.45. The van der Waals surface area contributed by atoms with E-state index >= 15 is 0 Å². The molecule has 15 heavy (non-hydrogen) atoms. The van der Waals surface area contributed by atoms with Gasteiger partial charge in [-0.25, -0.2) is 4.39 Å². The maximum Gasteiger partial charge on any atom is 0.123 e. The van der Waals surface area contributed by atoms with Gasteiger partial charge in [-0.3, -0.25) is 0 Å². The average molecular weight is 209 g/mol. The lowest BCUT2D eigenvalue weighted by Gasteiger charge is -2.21. The number of benzene rings is 1. The summed E-state index contributed by atoms with van der Waals surface area (Å²) in [5.41, 5.74) is 2.00. The molecular weight excluding hydrogens is 193 g/mol. The van der Waals surface area contributed by atoms with Gasteiger partial charge in [0.2, 0.25) is 0 Å². The van der Waals surface area contributed by atoms with E-state index in [1.54, 1.807) is 0 Å².